The Bertz CT molecular complexity index is 712. The van der Waals surface area contributed by atoms with Crippen molar-refractivity contribution in [2.45, 2.75) is 32.1 Å². The van der Waals surface area contributed by atoms with E-state index in [4.69, 9.17) is 23.8 Å². The number of benzene rings is 1. The van der Waals surface area contributed by atoms with Gasteiger partial charge in [0, 0.05) is 16.8 Å². The number of rotatable bonds is 1. The second-order valence-corrected chi connectivity index (χ2v) is 5.83. The van der Waals surface area contributed by atoms with Gasteiger partial charge in [-0.1, -0.05) is 30.2 Å². The largest absolute Gasteiger partial charge is 0.343 e. The van der Waals surface area contributed by atoms with E-state index in [1.54, 1.807) is 6.07 Å². The van der Waals surface area contributed by atoms with Crippen LogP contribution in [-0.4, -0.2) is 9.97 Å². The van der Waals surface area contributed by atoms with Gasteiger partial charge in [0.15, 0.2) is 0 Å². The molecule has 0 saturated heterocycles. The Hall–Kier alpha value is -1.26. The summed E-state index contributed by atoms with van der Waals surface area (Å²) in [7, 11) is 0. The van der Waals surface area contributed by atoms with Gasteiger partial charge in [0.2, 0.25) is 0 Å². The van der Waals surface area contributed by atoms with Crippen molar-refractivity contribution >= 4 is 23.8 Å². The SMILES string of the molecule is Fc1ccc(-c2nc(=S)c3c([nH]2)CCCCC3)c(Cl)c1. The molecule has 0 atom stereocenters. The number of hydrogen-bond donors (Lipinski definition) is 1. The molecule has 104 valence electrons. The molecule has 1 aromatic carbocycles. The van der Waals surface area contributed by atoms with Gasteiger partial charge in [-0.2, -0.15) is 0 Å². The van der Waals surface area contributed by atoms with Gasteiger partial charge in [-0.25, -0.2) is 9.37 Å². The number of nitrogens with one attached hydrogen (secondary N) is 1. The molecule has 0 fully saturated rings. The maximum absolute atomic E-state index is 13.1. The van der Waals surface area contributed by atoms with Crippen LogP contribution in [0.2, 0.25) is 5.02 Å². The molecule has 5 heteroatoms. The lowest BCUT2D eigenvalue weighted by molar-refractivity contribution is 0.628. The fraction of sp³-hybridized carbons (Fsp3) is 0.333. The summed E-state index contributed by atoms with van der Waals surface area (Å²) in [6.07, 6.45) is 5.48. The highest BCUT2D eigenvalue weighted by Crippen LogP contribution is 2.28. The predicted octanol–water partition coefficient (Wildman–Crippen LogP) is 4.87. The van der Waals surface area contributed by atoms with Gasteiger partial charge in [0.1, 0.15) is 16.3 Å². The molecular weight excluding hydrogens is 295 g/mol. The number of aromatic nitrogens is 2. The molecule has 2 aromatic rings. The fourth-order valence-electron chi connectivity index (χ4n) is 2.61. The summed E-state index contributed by atoms with van der Waals surface area (Å²) in [6.45, 7) is 0. The maximum Gasteiger partial charge on any atom is 0.140 e. The minimum Gasteiger partial charge on any atom is -0.343 e. The Morgan fingerprint density at radius 2 is 2.00 bits per heavy atom. The zero-order valence-corrected chi connectivity index (χ0v) is 12.5. The number of H-pyrrole nitrogens is 1. The molecule has 3 rings (SSSR count). The van der Waals surface area contributed by atoms with E-state index >= 15 is 0 Å². The normalized spacial score (nSPS) is 14.7. The lowest BCUT2D eigenvalue weighted by atomic mass is 10.1. The van der Waals surface area contributed by atoms with E-state index in [0.29, 0.717) is 21.1 Å². The molecule has 0 amide bonds. The first-order valence-corrected chi connectivity index (χ1v) is 7.51. The van der Waals surface area contributed by atoms with Crippen molar-refractivity contribution in [3.8, 4) is 11.4 Å². The zero-order valence-electron chi connectivity index (χ0n) is 10.9. The number of hydrogen-bond acceptors (Lipinski definition) is 2. The molecule has 2 nitrogen and oxygen atoms in total. The van der Waals surface area contributed by atoms with Crippen LogP contribution in [0, 0.1) is 10.5 Å². The summed E-state index contributed by atoms with van der Waals surface area (Å²) in [6, 6.07) is 4.31. The molecule has 1 heterocycles. The summed E-state index contributed by atoms with van der Waals surface area (Å²) in [4.78, 5) is 7.78. The average molecular weight is 309 g/mol. The van der Waals surface area contributed by atoms with Crippen molar-refractivity contribution in [3.63, 3.8) is 0 Å². The number of fused-ring (bicyclic) bond motifs is 1. The molecule has 0 saturated carbocycles. The second-order valence-electron chi connectivity index (χ2n) is 5.03. The highest BCUT2D eigenvalue weighted by molar-refractivity contribution is 7.71. The van der Waals surface area contributed by atoms with Crippen LogP contribution in [0.25, 0.3) is 11.4 Å². The lowest BCUT2D eigenvalue weighted by Crippen LogP contribution is -2.02. The molecular formula is C15H14ClFN2S. The van der Waals surface area contributed by atoms with Crippen molar-refractivity contribution in [2.75, 3.05) is 0 Å². The molecule has 1 aromatic heterocycles. The van der Waals surface area contributed by atoms with Crippen molar-refractivity contribution < 1.29 is 4.39 Å². The van der Waals surface area contributed by atoms with E-state index in [0.717, 1.165) is 36.9 Å². The molecule has 20 heavy (non-hydrogen) atoms. The molecule has 0 spiro atoms. The smallest absolute Gasteiger partial charge is 0.140 e. The van der Waals surface area contributed by atoms with Crippen molar-refractivity contribution in [1.29, 1.82) is 0 Å². The quantitative estimate of drug-likeness (QED) is 0.601. The summed E-state index contributed by atoms with van der Waals surface area (Å²) < 4.78 is 13.8. The third-order valence-electron chi connectivity index (χ3n) is 3.64. The third kappa shape index (κ3) is 2.63. The number of nitrogens with zero attached hydrogens (tertiary/aromatic N) is 1. The number of aromatic amines is 1. The first-order chi connectivity index (χ1) is 9.65. The summed E-state index contributed by atoms with van der Waals surface area (Å²) >= 11 is 11.5. The zero-order chi connectivity index (χ0) is 14.1. The van der Waals surface area contributed by atoms with E-state index < -0.39 is 0 Å². The first-order valence-electron chi connectivity index (χ1n) is 6.72. The highest BCUT2D eigenvalue weighted by Gasteiger charge is 2.14. The Balaban J connectivity index is 2.13. The van der Waals surface area contributed by atoms with Crippen LogP contribution in [0.15, 0.2) is 18.2 Å². The van der Waals surface area contributed by atoms with Crippen LogP contribution >= 0.6 is 23.8 Å². The van der Waals surface area contributed by atoms with Gasteiger partial charge in [0.05, 0.1) is 5.02 Å². The topological polar surface area (TPSA) is 28.7 Å². The monoisotopic (exact) mass is 308 g/mol. The van der Waals surface area contributed by atoms with Gasteiger partial charge in [-0.15, -0.1) is 0 Å². The van der Waals surface area contributed by atoms with Crippen molar-refractivity contribution in [3.05, 3.63) is 44.9 Å². The van der Waals surface area contributed by atoms with Crippen LogP contribution in [-0.2, 0) is 12.8 Å². The molecule has 0 radical (unpaired) electrons. The van der Waals surface area contributed by atoms with Crippen LogP contribution < -0.4 is 0 Å². The van der Waals surface area contributed by atoms with Crippen molar-refractivity contribution in [1.82, 2.24) is 9.97 Å². The number of aryl methyl sites for hydroxylation is 1. The average Bonchev–Trinajstić information content (AvgIpc) is 2.64. The van der Waals surface area contributed by atoms with E-state index in [9.17, 15) is 4.39 Å². The Morgan fingerprint density at radius 1 is 1.20 bits per heavy atom. The minimum absolute atomic E-state index is 0.344. The minimum atomic E-state index is -0.355. The summed E-state index contributed by atoms with van der Waals surface area (Å²) in [5.41, 5.74) is 2.99. The molecule has 1 aliphatic carbocycles. The lowest BCUT2D eigenvalue weighted by Gasteiger charge is -2.10. The summed E-state index contributed by atoms with van der Waals surface area (Å²) in [5.74, 6) is 0.271. The Morgan fingerprint density at radius 3 is 2.80 bits per heavy atom. The van der Waals surface area contributed by atoms with Crippen LogP contribution in [0.5, 0.6) is 0 Å². The molecule has 0 aliphatic heterocycles. The second kappa shape index (κ2) is 5.62. The standard InChI is InChI=1S/C15H14ClFN2S/c16-12-8-9(17)6-7-10(12)14-18-13-5-3-1-2-4-11(13)15(20)19-14/h6-8H,1-5H2,(H,18,19,20). The first kappa shape index (κ1) is 13.7. The van der Waals surface area contributed by atoms with E-state index in [1.807, 2.05) is 0 Å². The van der Waals surface area contributed by atoms with Gasteiger partial charge in [0.25, 0.3) is 0 Å². The molecule has 0 unspecified atom stereocenters. The molecule has 0 bridgehead atoms. The van der Waals surface area contributed by atoms with Gasteiger partial charge >= 0.3 is 0 Å². The molecule has 1 N–H and O–H groups in total. The van der Waals surface area contributed by atoms with Crippen molar-refractivity contribution in [2.24, 2.45) is 0 Å². The Labute approximate surface area is 127 Å². The van der Waals surface area contributed by atoms with Crippen LogP contribution in [0.1, 0.15) is 30.5 Å². The third-order valence-corrected chi connectivity index (χ3v) is 4.30. The maximum atomic E-state index is 13.1. The summed E-state index contributed by atoms with van der Waals surface area (Å²) in [5, 5.41) is 0.344. The van der Waals surface area contributed by atoms with Gasteiger partial charge in [-0.05, 0) is 43.9 Å². The molecule has 1 aliphatic rings. The van der Waals surface area contributed by atoms with Gasteiger partial charge < -0.3 is 4.98 Å². The highest BCUT2D eigenvalue weighted by atomic mass is 35.5. The fourth-order valence-corrected chi connectivity index (χ4v) is 3.18. The Kier molecular flexibility index (Phi) is 3.85. The van der Waals surface area contributed by atoms with E-state index in [1.165, 1.54) is 18.6 Å². The van der Waals surface area contributed by atoms with Crippen LogP contribution in [0.3, 0.4) is 0 Å². The van der Waals surface area contributed by atoms with Crippen LogP contribution in [0.4, 0.5) is 4.39 Å². The van der Waals surface area contributed by atoms with E-state index in [2.05, 4.69) is 9.97 Å². The van der Waals surface area contributed by atoms with Gasteiger partial charge in [-0.3, -0.25) is 0 Å². The predicted molar refractivity (Wildman–Crippen MR) is 81.1 cm³/mol. The van der Waals surface area contributed by atoms with E-state index in [-0.39, 0.29) is 5.82 Å². The number of halogens is 2.